The Labute approximate surface area is 117 Å². The summed E-state index contributed by atoms with van der Waals surface area (Å²) in [7, 11) is 3.63. The lowest BCUT2D eigenvalue weighted by Gasteiger charge is -2.11. The van der Waals surface area contributed by atoms with Gasteiger partial charge in [0.05, 0.1) is 12.1 Å². The molecule has 5 nitrogen and oxygen atoms in total. The maximum atomic E-state index is 11.7. The highest BCUT2D eigenvalue weighted by Crippen LogP contribution is 2.31. The number of aromatic nitrogens is 2. The first-order valence-electron chi connectivity index (χ1n) is 6.52. The zero-order valence-corrected chi connectivity index (χ0v) is 11.8. The van der Waals surface area contributed by atoms with Gasteiger partial charge >= 0.3 is 0 Å². The number of fused-ring (bicyclic) bond motifs is 1. The molecule has 1 amide bonds. The first-order valence-corrected chi connectivity index (χ1v) is 6.52. The van der Waals surface area contributed by atoms with Gasteiger partial charge in [0.15, 0.2) is 5.82 Å². The lowest BCUT2D eigenvalue weighted by atomic mass is 10.0. The van der Waals surface area contributed by atoms with Crippen molar-refractivity contribution in [2.24, 2.45) is 0 Å². The largest absolute Gasteiger partial charge is 0.371 e. The Bertz CT molecular complexity index is 696. The van der Waals surface area contributed by atoms with E-state index in [1.807, 2.05) is 38.2 Å². The van der Waals surface area contributed by atoms with Crippen molar-refractivity contribution < 1.29 is 4.79 Å². The minimum Gasteiger partial charge on any atom is -0.371 e. The number of hydrogen-bond acceptors (Lipinski definition) is 4. The number of anilines is 2. The minimum atomic E-state index is 0.130. The van der Waals surface area contributed by atoms with E-state index in [0.29, 0.717) is 6.42 Å². The van der Waals surface area contributed by atoms with Gasteiger partial charge in [-0.2, -0.15) is 0 Å². The van der Waals surface area contributed by atoms with E-state index < -0.39 is 0 Å². The monoisotopic (exact) mass is 268 g/mol. The van der Waals surface area contributed by atoms with Crippen LogP contribution in [0.3, 0.4) is 0 Å². The molecule has 0 radical (unpaired) electrons. The summed E-state index contributed by atoms with van der Waals surface area (Å²) >= 11 is 0. The number of carbonyl (C=O) groups excluding carboxylic acids is 1. The number of nitrogens with zero attached hydrogens (tertiary/aromatic N) is 3. The third-order valence-corrected chi connectivity index (χ3v) is 3.67. The molecule has 3 rings (SSSR count). The molecule has 1 N–H and O–H groups in total. The van der Waals surface area contributed by atoms with E-state index in [0.717, 1.165) is 33.9 Å². The van der Waals surface area contributed by atoms with Crippen LogP contribution in [0.15, 0.2) is 24.3 Å². The van der Waals surface area contributed by atoms with E-state index >= 15 is 0 Å². The van der Waals surface area contributed by atoms with Crippen molar-refractivity contribution in [1.82, 2.24) is 10.2 Å². The summed E-state index contributed by atoms with van der Waals surface area (Å²) in [4.78, 5) is 13.4. The lowest BCUT2D eigenvalue weighted by molar-refractivity contribution is -0.117. The molecule has 0 atom stereocenters. The van der Waals surface area contributed by atoms with Crippen LogP contribution in [0.2, 0.25) is 0 Å². The number of benzene rings is 1. The summed E-state index contributed by atoms with van der Waals surface area (Å²) in [6.07, 6.45) is 0.459. The number of carbonyl (C=O) groups is 1. The third kappa shape index (κ3) is 1.91. The van der Waals surface area contributed by atoms with Gasteiger partial charge < -0.3 is 10.2 Å². The molecule has 102 valence electrons. The highest BCUT2D eigenvalue weighted by molar-refractivity contribution is 6.01. The maximum absolute atomic E-state index is 11.7. The molecule has 0 saturated carbocycles. The number of likely N-dealkylation sites (N-methyl/N-ethyl adjacent to an activating group) is 1. The second-order valence-electron chi connectivity index (χ2n) is 4.98. The first-order chi connectivity index (χ1) is 9.60. The highest BCUT2D eigenvalue weighted by atomic mass is 16.2. The Morgan fingerprint density at radius 1 is 1.25 bits per heavy atom. The average Bonchev–Trinajstić information content (AvgIpc) is 2.73. The molecule has 0 saturated heterocycles. The Morgan fingerprint density at radius 3 is 2.75 bits per heavy atom. The van der Waals surface area contributed by atoms with E-state index in [2.05, 4.69) is 15.5 Å². The van der Waals surface area contributed by atoms with Crippen LogP contribution < -0.4 is 10.2 Å². The minimum absolute atomic E-state index is 0.130. The molecular formula is C15H16N4O. The molecule has 1 aliphatic heterocycles. The third-order valence-electron chi connectivity index (χ3n) is 3.67. The fourth-order valence-corrected chi connectivity index (χ4v) is 2.50. The van der Waals surface area contributed by atoms with Crippen molar-refractivity contribution in [2.75, 3.05) is 24.3 Å². The van der Waals surface area contributed by atoms with Crippen LogP contribution in [-0.4, -0.2) is 30.2 Å². The normalized spacial score (nSPS) is 13.6. The van der Waals surface area contributed by atoms with Crippen LogP contribution in [0.5, 0.6) is 0 Å². The summed E-state index contributed by atoms with van der Waals surface area (Å²) in [5.74, 6) is 0.912. The summed E-state index contributed by atoms with van der Waals surface area (Å²) in [6.45, 7) is 1.99. The molecule has 2 aromatic rings. The van der Waals surface area contributed by atoms with Crippen molar-refractivity contribution in [3.05, 3.63) is 35.4 Å². The van der Waals surface area contributed by atoms with Crippen molar-refractivity contribution in [1.29, 1.82) is 0 Å². The van der Waals surface area contributed by atoms with Crippen LogP contribution in [0.4, 0.5) is 11.5 Å². The first kappa shape index (κ1) is 12.6. The highest BCUT2D eigenvalue weighted by Gasteiger charge is 2.24. The molecule has 0 bridgehead atoms. The second-order valence-corrected chi connectivity index (χ2v) is 4.98. The number of aryl methyl sites for hydroxylation is 1. The summed E-state index contributed by atoms with van der Waals surface area (Å²) in [6, 6.07) is 7.98. The van der Waals surface area contributed by atoms with Gasteiger partial charge in [-0.1, -0.05) is 6.07 Å². The fourth-order valence-electron chi connectivity index (χ4n) is 2.50. The van der Waals surface area contributed by atoms with Crippen molar-refractivity contribution >= 4 is 17.4 Å². The van der Waals surface area contributed by atoms with E-state index in [-0.39, 0.29) is 5.91 Å². The maximum Gasteiger partial charge on any atom is 0.231 e. The molecule has 1 aromatic heterocycles. The van der Waals surface area contributed by atoms with Crippen LogP contribution >= 0.6 is 0 Å². The zero-order valence-electron chi connectivity index (χ0n) is 11.8. The smallest absolute Gasteiger partial charge is 0.231 e. The van der Waals surface area contributed by atoms with E-state index in [4.69, 9.17) is 0 Å². The Balaban J connectivity index is 2.02. The number of rotatable bonds is 2. The predicted octanol–water partition coefficient (Wildman–Crippen LogP) is 2.01. The van der Waals surface area contributed by atoms with Crippen LogP contribution in [0, 0.1) is 6.92 Å². The topological polar surface area (TPSA) is 58.1 Å². The molecule has 0 fully saturated rings. The molecule has 5 heteroatoms. The van der Waals surface area contributed by atoms with Crippen molar-refractivity contribution in [3.8, 4) is 11.3 Å². The average molecular weight is 268 g/mol. The van der Waals surface area contributed by atoms with Gasteiger partial charge in [-0.3, -0.25) is 4.79 Å². The predicted molar refractivity (Wildman–Crippen MR) is 78.9 cm³/mol. The summed E-state index contributed by atoms with van der Waals surface area (Å²) < 4.78 is 0. The molecule has 1 aromatic carbocycles. The lowest BCUT2D eigenvalue weighted by Crippen LogP contribution is -2.20. The fraction of sp³-hybridized carbons (Fsp3) is 0.267. The number of hydrogen-bond donors (Lipinski definition) is 1. The van der Waals surface area contributed by atoms with Crippen LogP contribution in [0.1, 0.15) is 11.1 Å². The Morgan fingerprint density at radius 2 is 2.05 bits per heavy atom. The van der Waals surface area contributed by atoms with Crippen molar-refractivity contribution in [3.63, 3.8) is 0 Å². The van der Waals surface area contributed by atoms with Gasteiger partial charge in [-0.05, 0) is 36.2 Å². The molecule has 20 heavy (non-hydrogen) atoms. The Kier molecular flexibility index (Phi) is 2.89. The summed E-state index contributed by atoms with van der Waals surface area (Å²) in [5, 5.41) is 11.4. The second kappa shape index (κ2) is 4.59. The van der Waals surface area contributed by atoms with Gasteiger partial charge in [-0.15, -0.1) is 10.2 Å². The molecule has 2 heterocycles. The van der Waals surface area contributed by atoms with Gasteiger partial charge in [0.25, 0.3) is 0 Å². The van der Waals surface area contributed by atoms with Gasteiger partial charge in [-0.25, -0.2) is 0 Å². The van der Waals surface area contributed by atoms with E-state index in [9.17, 15) is 4.79 Å². The van der Waals surface area contributed by atoms with E-state index in [1.165, 1.54) is 0 Å². The standard InChI is InChI=1S/C15H16N4O/c1-9-6-12(17-18-15(9)16-2)10-4-5-13-11(7-10)8-14(20)19(13)3/h4-7H,8H2,1-3H3,(H,16,18). The molecule has 0 aliphatic carbocycles. The number of amides is 1. The summed E-state index contributed by atoms with van der Waals surface area (Å²) in [5.41, 5.74) is 4.89. The Hall–Kier alpha value is -2.43. The molecular weight excluding hydrogens is 252 g/mol. The molecule has 0 spiro atoms. The van der Waals surface area contributed by atoms with Gasteiger partial charge in [0.1, 0.15) is 0 Å². The SMILES string of the molecule is CNc1nnc(-c2ccc3c(c2)CC(=O)N3C)cc1C. The van der Waals surface area contributed by atoms with Crippen LogP contribution in [0.25, 0.3) is 11.3 Å². The van der Waals surface area contributed by atoms with Crippen molar-refractivity contribution in [2.45, 2.75) is 13.3 Å². The molecule has 0 unspecified atom stereocenters. The molecule has 1 aliphatic rings. The zero-order chi connectivity index (χ0) is 14.3. The quantitative estimate of drug-likeness (QED) is 0.905. The number of nitrogens with one attached hydrogen (secondary N) is 1. The van der Waals surface area contributed by atoms with Gasteiger partial charge in [0, 0.05) is 25.3 Å². The van der Waals surface area contributed by atoms with Gasteiger partial charge in [0.2, 0.25) is 5.91 Å². The van der Waals surface area contributed by atoms with E-state index in [1.54, 1.807) is 11.9 Å². The van der Waals surface area contributed by atoms with Crippen LogP contribution in [-0.2, 0) is 11.2 Å².